The molecule has 1 unspecified atom stereocenters. The van der Waals surface area contributed by atoms with Crippen LogP contribution < -0.4 is 0 Å². The predicted molar refractivity (Wildman–Crippen MR) is 84.9 cm³/mol. The Morgan fingerprint density at radius 1 is 1.20 bits per heavy atom. The van der Waals surface area contributed by atoms with Crippen molar-refractivity contribution in [3.05, 3.63) is 65.1 Å². The van der Waals surface area contributed by atoms with E-state index >= 15 is 0 Å². The molecule has 2 nitrogen and oxygen atoms in total. The van der Waals surface area contributed by atoms with Crippen LogP contribution in [0.25, 0.3) is 5.57 Å². The van der Waals surface area contributed by atoms with Crippen molar-refractivity contribution in [2.24, 2.45) is 4.36 Å². The van der Waals surface area contributed by atoms with E-state index in [2.05, 4.69) is 26.9 Å². The lowest BCUT2D eigenvalue weighted by atomic mass is 10.1. The van der Waals surface area contributed by atoms with E-state index in [1.165, 1.54) is 12.1 Å². The van der Waals surface area contributed by atoms with Gasteiger partial charge in [-0.15, -0.1) is 3.89 Å². The monoisotopic (exact) mass is 353 g/mol. The summed E-state index contributed by atoms with van der Waals surface area (Å²) in [6.45, 7) is 5.62. The SMILES string of the molecule is C=C(C)c1ccccc1N=S(=O)(F)c1ccc(Br)cc1. The second-order valence-electron chi connectivity index (χ2n) is 4.30. The second-order valence-corrected chi connectivity index (χ2v) is 6.79. The van der Waals surface area contributed by atoms with Crippen LogP contribution in [0.15, 0.2) is 68.8 Å². The van der Waals surface area contributed by atoms with Crippen molar-refractivity contribution in [1.82, 2.24) is 0 Å². The van der Waals surface area contributed by atoms with Gasteiger partial charge < -0.3 is 0 Å². The van der Waals surface area contributed by atoms with E-state index in [4.69, 9.17) is 0 Å². The van der Waals surface area contributed by atoms with Crippen LogP contribution >= 0.6 is 15.9 Å². The molecule has 5 heteroatoms. The zero-order valence-corrected chi connectivity index (χ0v) is 13.2. The van der Waals surface area contributed by atoms with E-state index in [0.717, 1.165) is 10.0 Å². The molecule has 0 saturated carbocycles. The Kier molecular flexibility index (Phi) is 4.40. The number of benzene rings is 2. The molecule has 0 aliphatic rings. The highest BCUT2D eigenvalue weighted by molar-refractivity contribution is 9.10. The number of hydrogen-bond donors (Lipinski definition) is 0. The first-order chi connectivity index (χ1) is 9.40. The molecule has 0 bridgehead atoms. The van der Waals surface area contributed by atoms with Gasteiger partial charge in [0.15, 0.2) is 0 Å². The van der Waals surface area contributed by atoms with Crippen LogP contribution in [-0.2, 0) is 10.1 Å². The maximum Gasteiger partial charge on any atom is 0.235 e. The Balaban J connectivity index is 2.57. The largest absolute Gasteiger partial charge is 0.235 e. The molecule has 1 atom stereocenters. The van der Waals surface area contributed by atoms with Gasteiger partial charge in [-0.05, 0) is 42.8 Å². The van der Waals surface area contributed by atoms with Gasteiger partial charge in [-0.3, -0.25) is 0 Å². The first-order valence-corrected chi connectivity index (χ1v) is 8.08. The summed E-state index contributed by atoms with van der Waals surface area (Å²) in [4.78, 5) is 0.0530. The van der Waals surface area contributed by atoms with Crippen molar-refractivity contribution in [2.45, 2.75) is 11.8 Å². The molecule has 0 N–H and O–H groups in total. The second kappa shape index (κ2) is 5.89. The predicted octanol–water partition coefficient (Wildman–Crippen LogP) is 5.53. The highest BCUT2D eigenvalue weighted by Gasteiger charge is 2.12. The van der Waals surface area contributed by atoms with Gasteiger partial charge in [0.2, 0.25) is 10.1 Å². The molecule has 104 valence electrons. The maximum absolute atomic E-state index is 14.4. The molecule has 2 aromatic rings. The van der Waals surface area contributed by atoms with Gasteiger partial charge in [-0.1, -0.05) is 40.7 Å². The van der Waals surface area contributed by atoms with E-state index in [-0.39, 0.29) is 4.90 Å². The van der Waals surface area contributed by atoms with E-state index in [9.17, 15) is 8.09 Å². The molecular formula is C15H13BrFNOS. The fourth-order valence-electron chi connectivity index (χ4n) is 1.70. The molecule has 20 heavy (non-hydrogen) atoms. The lowest BCUT2D eigenvalue weighted by Gasteiger charge is -2.06. The van der Waals surface area contributed by atoms with E-state index in [0.29, 0.717) is 11.3 Å². The Hall–Kier alpha value is -1.46. The third kappa shape index (κ3) is 3.35. The minimum Gasteiger partial charge on any atom is -0.211 e. The molecule has 2 rings (SSSR count). The Bertz CT molecular complexity index is 762. The minimum atomic E-state index is -3.97. The summed E-state index contributed by atoms with van der Waals surface area (Å²) in [5, 5.41) is 0. The molecule has 0 saturated heterocycles. The van der Waals surface area contributed by atoms with Gasteiger partial charge in [-0.2, -0.15) is 4.36 Å². The first kappa shape index (κ1) is 14.9. The van der Waals surface area contributed by atoms with Crippen LogP contribution in [0.1, 0.15) is 12.5 Å². The average Bonchev–Trinajstić information content (AvgIpc) is 2.39. The summed E-state index contributed by atoms with van der Waals surface area (Å²) >= 11 is 3.25. The fourth-order valence-corrected chi connectivity index (χ4v) is 2.95. The lowest BCUT2D eigenvalue weighted by molar-refractivity contribution is 0.639. The molecule has 0 aromatic heterocycles. The van der Waals surface area contributed by atoms with Crippen LogP contribution in [0.2, 0.25) is 0 Å². The van der Waals surface area contributed by atoms with Crippen molar-refractivity contribution < 1.29 is 8.09 Å². The molecule has 0 radical (unpaired) electrons. The third-order valence-corrected chi connectivity index (χ3v) is 4.50. The van der Waals surface area contributed by atoms with Gasteiger partial charge in [0.1, 0.15) is 0 Å². The third-order valence-electron chi connectivity index (χ3n) is 2.68. The lowest BCUT2D eigenvalue weighted by Crippen LogP contribution is -1.92. The zero-order valence-electron chi connectivity index (χ0n) is 10.8. The van der Waals surface area contributed by atoms with Crippen molar-refractivity contribution >= 4 is 37.3 Å². The fraction of sp³-hybridized carbons (Fsp3) is 0.0667. The summed E-state index contributed by atoms with van der Waals surface area (Å²) < 4.78 is 31.2. The molecule has 2 aromatic carbocycles. The summed E-state index contributed by atoms with van der Waals surface area (Å²) in [7, 11) is -3.97. The van der Waals surface area contributed by atoms with Crippen molar-refractivity contribution in [1.29, 1.82) is 0 Å². The van der Waals surface area contributed by atoms with Gasteiger partial charge in [0, 0.05) is 10.0 Å². The van der Waals surface area contributed by atoms with Crippen molar-refractivity contribution in [2.75, 3.05) is 0 Å². The summed E-state index contributed by atoms with van der Waals surface area (Å²) in [6, 6.07) is 13.1. The molecule has 0 aliphatic heterocycles. The Morgan fingerprint density at radius 3 is 2.40 bits per heavy atom. The van der Waals surface area contributed by atoms with E-state index in [1.807, 2.05) is 6.07 Å². The number of nitrogens with zero attached hydrogens (tertiary/aromatic N) is 1. The summed E-state index contributed by atoms with van der Waals surface area (Å²) in [5.41, 5.74) is 1.78. The quantitative estimate of drug-likeness (QED) is 0.667. The summed E-state index contributed by atoms with van der Waals surface area (Å²) in [5.74, 6) is 0. The molecule has 0 amide bonds. The van der Waals surface area contributed by atoms with Gasteiger partial charge in [-0.25, -0.2) is 4.21 Å². The smallest absolute Gasteiger partial charge is 0.211 e. The van der Waals surface area contributed by atoms with Gasteiger partial charge >= 0.3 is 0 Å². The van der Waals surface area contributed by atoms with Gasteiger partial charge in [0.05, 0.1) is 10.6 Å². The maximum atomic E-state index is 14.4. The number of allylic oxidation sites excluding steroid dienone is 1. The van der Waals surface area contributed by atoms with Crippen molar-refractivity contribution in [3.8, 4) is 0 Å². The summed E-state index contributed by atoms with van der Waals surface area (Å²) in [6.07, 6.45) is 0. The van der Waals surface area contributed by atoms with E-state index in [1.54, 1.807) is 37.3 Å². The van der Waals surface area contributed by atoms with E-state index < -0.39 is 10.1 Å². The molecule has 0 heterocycles. The first-order valence-electron chi connectivity index (χ1n) is 5.87. The number of rotatable bonds is 3. The Labute approximate surface area is 127 Å². The van der Waals surface area contributed by atoms with Crippen molar-refractivity contribution in [3.63, 3.8) is 0 Å². The van der Waals surface area contributed by atoms with Crippen LogP contribution in [0.5, 0.6) is 0 Å². The van der Waals surface area contributed by atoms with Crippen LogP contribution in [0.4, 0.5) is 9.57 Å². The zero-order chi connectivity index (χ0) is 14.8. The number of hydrogen-bond acceptors (Lipinski definition) is 2. The molecular weight excluding hydrogens is 341 g/mol. The van der Waals surface area contributed by atoms with Crippen LogP contribution in [0.3, 0.4) is 0 Å². The highest BCUT2D eigenvalue weighted by Crippen LogP contribution is 2.29. The molecule has 0 fully saturated rings. The highest BCUT2D eigenvalue weighted by atomic mass is 79.9. The number of halogens is 2. The molecule has 0 aliphatic carbocycles. The topological polar surface area (TPSA) is 29.4 Å². The van der Waals surface area contributed by atoms with Crippen LogP contribution in [-0.4, -0.2) is 4.21 Å². The Morgan fingerprint density at radius 2 is 1.80 bits per heavy atom. The average molecular weight is 354 g/mol. The van der Waals surface area contributed by atoms with Crippen LogP contribution in [0, 0.1) is 0 Å². The molecule has 0 spiro atoms. The normalized spacial score (nSPS) is 13.6. The minimum absolute atomic E-state index is 0.0530. The van der Waals surface area contributed by atoms with Gasteiger partial charge in [0.25, 0.3) is 0 Å². The standard InChI is InChI=1S/C15H13BrFNOS/c1-11(2)14-5-3-4-6-15(14)18-20(17,19)13-9-7-12(16)8-10-13/h3-10H,1H2,2H3.